The molecule has 1 aromatic heterocycles. The van der Waals surface area contributed by atoms with Crippen molar-refractivity contribution in [1.29, 1.82) is 0 Å². The van der Waals surface area contributed by atoms with Crippen LogP contribution in [0.3, 0.4) is 0 Å². The first-order chi connectivity index (χ1) is 10.6. The highest BCUT2D eigenvalue weighted by atomic mass is 32.1. The highest BCUT2D eigenvalue weighted by Crippen LogP contribution is 2.30. The summed E-state index contributed by atoms with van der Waals surface area (Å²) in [7, 11) is 0. The summed E-state index contributed by atoms with van der Waals surface area (Å²) in [4.78, 5) is 36.0. The SMILES string of the molecule is CCNC(=O)CNC(=O)COC(=O)c1csc2c1CCCC2. The van der Waals surface area contributed by atoms with Crippen molar-refractivity contribution in [3.05, 3.63) is 21.4 Å². The maximum Gasteiger partial charge on any atom is 0.339 e. The van der Waals surface area contributed by atoms with Crippen LogP contribution < -0.4 is 10.6 Å². The summed E-state index contributed by atoms with van der Waals surface area (Å²) in [6, 6.07) is 0. The number of esters is 1. The number of likely N-dealkylation sites (N-methyl/N-ethyl adjacent to an activating group) is 1. The van der Waals surface area contributed by atoms with E-state index in [0.29, 0.717) is 12.1 Å². The lowest BCUT2D eigenvalue weighted by atomic mass is 9.96. The van der Waals surface area contributed by atoms with E-state index in [1.807, 2.05) is 5.38 Å². The third-order valence-corrected chi connectivity index (χ3v) is 4.52. The van der Waals surface area contributed by atoms with E-state index in [0.717, 1.165) is 31.2 Å². The van der Waals surface area contributed by atoms with Gasteiger partial charge in [-0.05, 0) is 38.2 Å². The predicted octanol–water partition coefficient (Wildman–Crippen LogP) is 1.04. The van der Waals surface area contributed by atoms with Gasteiger partial charge in [-0.25, -0.2) is 4.79 Å². The van der Waals surface area contributed by atoms with Crippen molar-refractivity contribution < 1.29 is 19.1 Å². The fraction of sp³-hybridized carbons (Fsp3) is 0.533. The molecule has 1 aliphatic carbocycles. The fourth-order valence-corrected chi connectivity index (χ4v) is 3.48. The van der Waals surface area contributed by atoms with Gasteiger partial charge in [-0.1, -0.05) is 0 Å². The largest absolute Gasteiger partial charge is 0.452 e. The minimum atomic E-state index is -0.483. The quantitative estimate of drug-likeness (QED) is 0.766. The molecule has 0 aromatic carbocycles. The predicted molar refractivity (Wildman–Crippen MR) is 82.9 cm³/mol. The van der Waals surface area contributed by atoms with Crippen LogP contribution in [0.15, 0.2) is 5.38 Å². The molecular formula is C15H20N2O4S. The van der Waals surface area contributed by atoms with E-state index >= 15 is 0 Å². The van der Waals surface area contributed by atoms with Gasteiger partial charge in [0.25, 0.3) is 5.91 Å². The highest BCUT2D eigenvalue weighted by molar-refractivity contribution is 7.10. The smallest absolute Gasteiger partial charge is 0.339 e. The lowest BCUT2D eigenvalue weighted by Gasteiger charge is -2.12. The van der Waals surface area contributed by atoms with Gasteiger partial charge in [-0.15, -0.1) is 11.3 Å². The summed E-state index contributed by atoms with van der Waals surface area (Å²) < 4.78 is 5.03. The molecule has 2 rings (SSSR count). The molecule has 0 unspecified atom stereocenters. The zero-order valence-corrected chi connectivity index (χ0v) is 13.4. The van der Waals surface area contributed by atoms with Crippen molar-refractivity contribution in [2.75, 3.05) is 19.7 Å². The van der Waals surface area contributed by atoms with E-state index in [9.17, 15) is 14.4 Å². The highest BCUT2D eigenvalue weighted by Gasteiger charge is 2.21. The fourth-order valence-electron chi connectivity index (χ4n) is 2.36. The first kappa shape index (κ1) is 16.5. The standard InChI is InChI=1S/C15H20N2O4S/c1-2-16-13(18)7-17-14(19)8-21-15(20)11-9-22-12-6-4-3-5-10(11)12/h9H,2-8H2,1H3,(H,16,18)(H,17,19). The van der Waals surface area contributed by atoms with Crippen LogP contribution in [0.25, 0.3) is 0 Å². The molecule has 2 amide bonds. The summed E-state index contributed by atoms with van der Waals surface area (Å²) in [5.41, 5.74) is 1.65. The molecule has 0 fully saturated rings. The molecule has 120 valence electrons. The Labute approximate surface area is 133 Å². The number of carbonyl (C=O) groups is 3. The van der Waals surface area contributed by atoms with Crippen LogP contribution in [0.2, 0.25) is 0 Å². The molecule has 0 spiro atoms. The summed E-state index contributed by atoms with van der Waals surface area (Å²) in [5, 5.41) is 6.78. The second kappa shape index (κ2) is 7.93. The summed E-state index contributed by atoms with van der Waals surface area (Å²) in [6.07, 6.45) is 4.15. The van der Waals surface area contributed by atoms with Gasteiger partial charge in [-0.2, -0.15) is 0 Å². The zero-order valence-electron chi connectivity index (χ0n) is 12.6. The summed E-state index contributed by atoms with van der Waals surface area (Å²) in [6.45, 7) is 1.82. The zero-order chi connectivity index (χ0) is 15.9. The number of hydrogen-bond acceptors (Lipinski definition) is 5. The van der Waals surface area contributed by atoms with E-state index in [1.54, 1.807) is 18.3 Å². The van der Waals surface area contributed by atoms with Gasteiger partial charge in [0.2, 0.25) is 5.91 Å². The first-order valence-corrected chi connectivity index (χ1v) is 8.29. The third kappa shape index (κ3) is 4.30. The molecule has 0 aliphatic heterocycles. The van der Waals surface area contributed by atoms with Gasteiger partial charge in [0.15, 0.2) is 6.61 Å². The number of hydrogen-bond donors (Lipinski definition) is 2. The Morgan fingerprint density at radius 2 is 1.95 bits per heavy atom. The third-order valence-electron chi connectivity index (χ3n) is 3.44. The molecule has 1 aliphatic rings. The number of thiophene rings is 1. The molecule has 0 bridgehead atoms. The second-order valence-corrected chi connectivity index (χ2v) is 6.03. The average Bonchev–Trinajstić information content (AvgIpc) is 2.95. The Morgan fingerprint density at radius 1 is 1.18 bits per heavy atom. The molecule has 6 nitrogen and oxygen atoms in total. The van der Waals surface area contributed by atoms with Crippen LogP contribution in [0.4, 0.5) is 0 Å². The molecule has 2 N–H and O–H groups in total. The maximum atomic E-state index is 12.0. The minimum absolute atomic E-state index is 0.113. The van der Waals surface area contributed by atoms with Gasteiger partial charge >= 0.3 is 5.97 Å². The Morgan fingerprint density at radius 3 is 2.73 bits per heavy atom. The topological polar surface area (TPSA) is 84.5 Å². The van der Waals surface area contributed by atoms with Crippen LogP contribution in [-0.4, -0.2) is 37.5 Å². The van der Waals surface area contributed by atoms with E-state index in [1.165, 1.54) is 4.88 Å². The van der Waals surface area contributed by atoms with Crippen LogP contribution in [-0.2, 0) is 27.2 Å². The molecule has 0 saturated heterocycles. The first-order valence-electron chi connectivity index (χ1n) is 7.41. The maximum absolute atomic E-state index is 12.0. The van der Waals surface area contributed by atoms with E-state index in [2.05, 4.69) is 10.6 Å². The number of nitrogens with one attached hydrogen (secondary N) is 2. The van der Waals surface area contributed by atoms with Crippen LogP contribution >= 0.6 is 11.3 Å². The molecule has 22 heavy (non-hydrogen) atoms. The van der Waals surface area contributed by atoms with Crippen molar-refractivity contribution in [2.24, 2.45) is 0 Å². The van der Waals surface area contributed by atoms with Gasteiger partial charge in [0, 0.05) is 16.8 Å². The molecule has 1 heterocycles. The molecule has 7 heteroatoms. The molecular weight excluding hydrogens is 304 g/mol. The number of amides is 2. The van der Waals surface area contributed by atoms with Crippen molar-refractivity contribution in [2.45, 2.75) is 32.6 Å². The molecule has 1 aromatic rings. The summed E-state index contributed by atoms with van der Waals surface area (Å²) in [5.74, 6) is -1.22. The van der Waals surface area contributed by atoms with Gasteiger partial charge < -0.3 is 15.4 Å². The molecule has 0 saturated carbocycles. The van der Waals surface area contributed by atoms with E-state index in [-0.39, 0.29) is 19.1 Å². The Balaban J connectivity index is 1.79. The summed E-state index contributed by atoms with van der Waals surface area (Å²) >= 11 is 1.58. The average molecular weight is 324 g/mol. The van der Waals surface area contributed by atoms with Crippen molar-refractivity contribution in [1.82, 2.24) is 10.6 Å². The van der Waals surface area contributed by atoms with E-state index < -0.39 is 11.9 Å². The number of rotatable bonds is 6. The van der Waals surface area contributed by atoms with Crippen molar-refractivity contribution in [3.8, 4) is 0 Å². The van der Waals surface area contributed by atoms with Gasteiger partial charge in [0.1, 0.15) is 0 Å². The lowest BCUT2D eigenvalue weighted by molar-refractivity contribution is -0.127. The van der Waals surface area contributed by atoms with Gasteiger partial charge in [0.05, 0.1) is 12.1 Å². The van der Waals surface area contributed by atoms with Crippen LogP contribution in [0.1, 0.15) is 40.6 Å². The van der Waals surface area contributed by atoms with E-state index in [4.69, 9.17) is 4.74 Å². The monoisotopic (exact) mass is 324 g/mol. The normalized spacial score (nSPS) is 13.1. The number of ether oxygens (including phenoxy) is 1. The lowest BCUT2D eigenvalue weighted by Crippen LogP contribution is -2.38. The number of aryl methyl sites for hydroxylation is 1. The number of carbonyl (C=O) groups excluding carboxylic acids is 3. The Hall–Kier alpha value is -1.89. The second-order valence-electron chi connectivity index (χ2n) is 5.06. The number of fused-ring (bicyclic) bond motifs is 1. The Bertz CT molecular complexity index is 568. The van der Waals surface area contributed by atoms with Gasteiger partial charge in [-0.3, -0.25) is 9.59 Å². The molecule has 0 atom stereocenters. The van der Waals surface area contributed by atoms with Crippen molar-refractivity contribution >= 4 is 29.1 Å². The minimum Gasteiger partial charge on any atom is -0.452 e. The van der Waals surface area contributed by atoms with Crippen LogP contribution in [0.5, 0.6) is 0 Å². The Kier molecular flexibility index (Phi) is 5.94. The van der Waals surface area contributed by atoms with Crippen molar-refractivity contribution in [3.63, 3.8) is 0 Å². The molecule has 0 radical (unpaired) electrons. The van der Waals surface area contributed by atoms with Crippen LogP contribution in [0, 0.1) is 0 Å².